The summed E-state index contributed by atoms with van der Waals surface area (Å²) in [6, 6.07) is 94.5. The largest absolute Gasteiger partial charge is 0.0622 e. The fourth-order valence-corrected chi connectivity index (χ4v) is 11.7. The summed E-state index contributed by atoms with van der Waals surface area (Å²) in [5.41, 5.74) is 27.6. The van der Waals surface area contributed by atoms with Gasteiger partial charge in [0.1, 0.15) is 0 Å². The molecule has 12 aromatic carbocycles. The molecule has 0 heteroatoms. The van der Waals surface area contributed by atoms with Crippen LogP contribution in [0.3, 0.4) is 0 Å². The third kappa shape index (κ3) is 5.81. The SMILES string of the molecule is c1ccc(-c2cc(-c3ccc(-c4ccccc4-c4cc(-c5ccccc5)c5c(c4-c4ccccc4)-c4cccc6cccc-5c46)cc3)c(-c3ccccc3)c3c2-c2cccc4cccc-3c24)cc1. The normalized spacial score (nSPS) is 11.8. The van der Waals surface area contributed by atoms with E-state index in [9.17, 15) is 0 Å². The Hall–Kier alpha value is -8.84. The highest BCUT2D eigenvalue weighted by molar-refractivity contribution is 6.24. The standard InChI is InChI=1S/C68H42/c1-5-19-43(20-6-1)58-41-57(63(49-23-9-3-10-24-49)67-55-35-17-29-47-27-15-33-53(61(47)55)65(58)67)46-39-37-45(38-40-46)51-31-13-14-32-52(51)60-42-59(44-21-7-2-8-22-44)66-54-34-16-28-48-30-18-36-56(62(48)54)68(66)64(60)50-25-11-4-12-26-50/h1-42H. The highest BCUT2D eigenvalue weighted by Gasteiger charge is 2.32. The van der Waals surface area contributed by atoms with Gasteiger partial charge in [0, 0.05) is 0 Å². The number of rotatable bonds is 7. The molecule has 0 aromatic heterocycles. The molecular weight excluding hydrogens is 817 g/mol. The smallest absolute Gasteiger partial charge is 0.000763 e. The minimum atomic E-state index is 1.18. The van der Waals surface area contributed by atoms with Gasteiger partial charge in [-0.15, -0.1) is 0 Å². The van der Waals surface area contributed by atoms with Crippen molar-refractivity contribution in [1.82, 2.24) is 0 Å². The van der Waals surface area contributed by atoms with Crippen molar-refractivity contribution in [3.63, 3.8) is 0 Å². The second-order valence-electron chi connectivity index (χ2n) is 18.2. The van der Waals surface area contributed by atoms with Crippen LogP contribution < -0.4 is 0 Å². The van der Waals surface area contributed by atoms with Crippen molar-refractivity contribution < 1.29 is 0 Å². The van der Waals surface area contributed by atoms with Crippen LogP contribution in [0.15, 0.2) is 255 Å². The van der Waals surface area contributed by atoms with Crippen LogP contribution in [0.25, 0.3) is 144 Å². The molecule has 0 aliphatic heterocycles. The van der Waals surface area contributed by atoms with Crippen LogP contribution in [0.5, 0.6) is 0 Å². The van der Waals surface area contributed by atoms with E-state index in [-0.39, 0.29) is 0 Å². The molecule has 0 amide bonds. The molecule has 12 aromatic rings. The molecule has 0 N–H and O–H groups in total. The topological polar surface area (TPSA) is 0 Å². The average molecular weight is 859 g/mol. The molecule has 0 nitrogen and oxygen atoms in total. The molecule has 0 spiro atoms. The van der Waals surface area contributed by atoms with E-state index in [4.69, 9.17) is 0 Å². The van der Waals surface area contributed by atoms with Gasteiger partial charge in [-0.25, -0.2) is 0 Å². The minimum absolute atomic E-state index is 1.18. The zero-order valence-electron chi connectivity index (χ0n) is 37.2. The van der Waals surface area contributed by atoms with Gasteiger partial charge >= 0.3 is 0 Å². The maximum absolute atomic E-state index is 2.48. The van der Waals surface area contributed by atoms with Crippen molar-refractivity contribution in [2.75, 3.05) is 0 Å². The fourth-order valence-electron chi connectivity index (χ4n) is 11.7. The maximum atomic E-state index is 2.48. The van der Waals surface area contributed by atoms with E-state index in [1.807, 2.05) is 0 Å². The van der Waals surface area contributed by atoms with Crippen molar-refractivity contribution in [3.8, 4) is 122 Å². The molecule has 0 bridgehead atoms. The number of hydrogen-bond acceptors (Lipinski definition) is 0. The van der Waals surface area contributed by atoms with E-state index in [1.165, 1.54) is 144 Å². The summed E-state index contributed by atoms with van der Waals surface area (Å²) in [7, 11) is 0. The highest BCUT2D eigenvalue weighted by Crippen LogP contribution is 2.59. The number of hydrogen-bond donors (Lipinski definition) is 0. The van der Waals surface area contributed by atoms with Gasteiger partial charge in [0.25, 0.3) is 0 Å². The van der Waals surface area contributed by atoms with Crippen LogP contribution in [-0.4, -0.2) is 0 Å². The Morgan fingerprint density at radius 1 is 0.147 bits per heavy atom. The minimum Gasteiger partial charge on any atom is -0.0622 e. The number of fused-ring (bicyclic) bond motifs is 6. The van der Waals surface area contributed by atoms with E-state index in [0.717, 1.165) is 0 Å². The predicted octanol–water partition coefficient (Wildman–Crippen LogP) is 19.0. The summed E-state index contributed by atoms with van der Waals surface area (Å²) in [5.74, 6) is 0. The number of benzene rings is 12. The Kier molecular flexibility index (Phi) is 8.69. The third-order valence-electron chi connectivity index (χ3n) is 14.6. The quantitative estimate of drug-likeness (QED) is 0.150. The van der Waals surface area contributed by atoms with Crippen molar-refractivity contribution in [1.29, 1.82) is 0 Å². The molecule has 14 rings (SSSR count). The Labute approximate surface area is 396 Å². The molecule has 314 valence electrons. The second-order valence-corrected chi connectivity index (χ2v) is 18.2. The van der Waals surface area contributed by atoms with Crippen LogP contribution in [0.4, 0.5) is 0 Å². The Morgan fingerprint density at radius 2 is 0.441 bits per heavy atom. The summed E-state index contributed by atoms with van der Waals surface area (Å²) in [4.78, 5) is 0. The first-order chi connectivity index (χ1) is 33.8. The van der Waals surface area contributed by atoms with Gasteiger partial charge in [0.15, 0.2) is 0 Å². The zero-order valence-corrected chi connectivity index (χ0v) is 37.2. The highest BCUT2D eigenvalue weighted by atomic mass is 14.3. The van der Waals surface area contributed by atoms with Crippen LogP contribution in [-0.2, 0) is 0 Å². The van der Waals surface area contributed by atoms with Gasteiger partial charge in [-0.3, -0.25) is 0 Å². The zero-order chi connectivity index (χ0) is 44.7. The van der Waals surface area contributed by atoms with Gasteiger partial charge in [0.05, 0.1) is 0 Å². The molecule has 0 saturated carbocycles. The molecule has 0 radical (unpaired) electrons. The lowest BCUT2D eigenvalue weighted by Crippen LogP contribution is -1.96. The first-order valence-electron chi connectivity index (χ1n) is 23.7. The van der Waals surface area contributed by atoms with Gasteiger partial charge < -0.3 is 0 Å². The summed E-state index contributed by atoms with van der Waals surface area (Å²) >= 11 is 0. The summed E-state index contributed by atoms with van der Waals surface area (Å²) in [6.07, 6.45) is 0. The van der Waals surface area contributed by atoms with Gasteiger partial charge in [-0.05, 0) is 156 Å². The molecule has 0 heterocycles. The van der Waals surface area contributed by atoms with E-state index in [0.29, 0.717) is 0 Å². The fraction of sp³-hybridized carbons (Fsp3) is 0. The summed E-state index contributed by atoms with van der Waals surface area (Å²) in [5, 5.41) is 5.21. The Bertz CT molecular complexity index is 3950. The lowest BCUT2D eigenvalue weighted by Gasteiger charge is -2.22. The van der Waals surface area contributed by atoms with Gasteiger partial charge in [-0.2, -0.15) is 0 Å². The van der Waals surface area contributed by atoms with Crippen molar-refractivity contribution in [3.05, 3.63) is 255 Å². The maximum Gasteiger partial charge on any atom is -0.000763 e. The molecule has 2 aliphatic rings. The van der Waals surface area contributed by atoms with Crippen LogP contribution in [0.1, 0.15) is 0 Å². The van der Waals surface area contributed by atoms with Crippen LogP contribution in [0, 0.1) is 0 Å². The van der Waals surface area contributed by atoms with E-state index in [2.05, 4.69) is 255 Å². The monoisotopic (exact) mass is 858 g/mol. The molecule has 0 atom stereocenters. The van der Waals surface area contributed by atoms with Crippen LogP contribution >= 0.6 is 0 Å². The molecule has 0 unspecified atom stereocenters. The molecule has 0 fully saturated rings. The van der Waals surface area contributed by atoms with Gasteiger partial charge in [0.2, 0.25) is 0 Å². The van der Waals surface area contributed by atoms with E-state index in [1.54, 1.807) is 0 Å². The molecule has 68 heavy (non-hydrogen) atoms. The van der Waals surface area contributed by atoms with Crippen LogP contribution in [0.2, 0.25) is 0 Å². The van der Waals surface area contributed by atoms with Crippen molar-refractivity contribution >= 4 is 21.5 Å². The average Bonchev–Trinajstić information content (AvgIpc) is 3.94. The van der Waals surface area contributed by atoms with E-state index >= 15 is 0 Å². The lowest BCUT2D eigenvalue weighted by molar-refractivity contribution is 1.54. The molecular formula is C68H42. The summed E-state index contributed by atoms with van der Waals surface area (Å²) in [6.45, 7) is 0. The lowest BCUT2D eigenvalue weighted by atomic mass is 9.80. The molecule has 0 saturated heterocycles. The summed E-state index contributed by atoms with van der Waals surface area (Å²) < 4.78 is 0. The molecule has 2 aliphatic carbocycles. The predicted molar refractivity (Wildman–Crippen MR) is 288 cm³/mol. The first kappa shape index (κ1) is 38.4. The Balaban J connectivity index is 0.999. The van der Waals surface area contributed by atoms with E-state index < -0.39 is 0 Å². The van der Waals surface area contributed by atoms with Crippen molar-refractivity contribution in [2.24, 2.45) is 0 Å². The van der Waals surface area contributed by atoms with Gasteiger partial charge in [-0.1, -0.05) is 243 Å². The van der Waals surface area contributed by atoms with Crippen molar-refractivity contribution in [2.45, 2.75) is 0 Å². The first-order valence-corrected chi connectivity index (χ1v) is 23.7. The Morgan fingerprint density at radius 3 is 0.882 bits per heavy atom. The second kappa shape index (κ2) is 15.4. The third-order valence-corrected chi connectivity index (χ3v) is 14.6.